The van der Waals surface area contributed by atoms with Crippen molar-refractivity contribution in [1.29, 1.82) is 0 Å². The largest absolute Gasteiger partial charge is 0.496 e. The Balaban J connectivity index is 1.95. The molecule has 1 atom stereocenters. The maximum atomic E-state index is 13.3. The zero-order chi connectivity index (χ0) is 15.2. The Morgan fingerprint density at radius 3 is 2.95 bits per heavy atom. The van der Waals surface area contributed by atoms with Gasteiger partial charge in [-0.3, -0.25) is 5.10 Å². The fraction of sp³-hybridized carbons (Fsp3) is 0.286. The van der Waals surface area contributed by atoms with Gasteiger partial charge in [-0.1, -0.05) is 0 Å². The number of H-pyrrole nitrogens is 1. The lowest BCUT2D eigenvalue weighted by molar-refractivity contribution is 0.237. The van der Waals surface area contributed by atoms with Crippen LogP contribution >= 0.6 is 0 Å². The SMILES string of the molecule is COc1ccc(F)cc1C(C)NC(=O)NCc1ccn[nH]1. The van der Waals surface area contributed by atoms with Gasteiger partial charge in [0.1, 0.15) is 11.6 Å². The Hall–Kier alpha value is -2.57. The summed E-state index contributed by atoms with van der Waals surface area (Å²) in [4.78, 5) is 11.8. The minimum absolute atomic E-state index is 0.332. The Morgan fingerprint density at radius 1 is 1.48 bits per heavy atom. The zero-order valence-electron chi connectivity index (χ0n) is 11.8. The second-order valence-electron chi connectivity index (χ2n) is 4.52. The van der Waals surface area contributed by atoms with E-state index in [4.69, 9.17) is 4.74 Å². The molecule has 6 nitrogen and oxygen atoms in total. The number of ether oxygens (including phenoxy) is 1. The van der Waals surface area contributed by atoms with E-state index in [9.17, 15) is 9.18 Å². The third-order valence-corrected chi connectivity index (χ3v) is 3.00. The summed E-state index contributed by atoms with van der Waals surface area (Å²) in [5.74, 6) is 0.148. The predicted octanol–water partition coefficient (Wildman–Crippen LogP) is 2.12. The normalized spacial score (nSPS) is 11.8. The molecule has 0 saturated carbocycles. The van der Waals surface area contributed by atoms with Gasteiger partial charge in [-0.15, -0.1) is 0 Å². The number of aromatic nitrogens is 2. The lowest BCUT2D eigenvalue weighted by Crippen LogP contribution is -2.36. The first-order valence-electron chi connectivity index (χ1n) is 6.46. The van der Waals surface area contributed by atoms with Gasteiger partial charge in [0.25, 0.3) is 0 Å². The number of halogens is 1. The molecule has 0 bridgehead atoms. The van der Waals surface area contributed by atoms with E-state index in [1.807, 2.05) is 0 Å². The zero-order valence-corrected chi connectivity index (χ0v) is 11.8. The van der Waals surface area contributed by atoms with Gasteiger partial charge >= 0.3 is 6.03 Å². The number of urea groups is 1. The molecule has 2 rings (SSSR count). The van der Waals surface area contributed by atoms with E-state index in [1.54, 1.807) is 19.2 Å². The fourth-order valence-corrected chi connectivity index (χ4v) is 1.93. The number of carbonyl (C=O) groups is 1. The van der Waals surface area contributed by atoms with Gasteiger partial charge in [-0.25, -0.2) is 9.18 Å². The van der Waals surface area contributed by atoms with Crippen LogP contribution in [0.15, 0.2) is 30.5 Å². The monoisotopic (exact) mass is 292 g/mol. The molecule has 112 valence electrons. The molecule has 0 aliphatic heterocycles. The maximum Gasteiger partial charge on any atom is 0.315 e. The Labute approximate surface area is 121 Å². The molecule has 0 aliphatic rings. The van der Waals surface area contributed by atoms with Crippen molar-refractivity contribution < 1.29 is 13.9 Å². The minimum Gasteiger partial charge on any atom is -0.496 e. The lowest BCUT2D eigenvalue weighted by Gasteiger charge is -2.17. The van der Waals surface area contributed by atoms with E-state index in [0.29, 0.717) is 17.9 Å². The molecule has 1 unspecified atom stereocenters. The molecular weight excluding hydrogens is 275 g/mol. The van der Waals surface area contributed by atoms with E-state index < -0.39 is 6.04 Å². The third-order valence-electron chi connectivity index (χ3n) is 3.00. The fourth-order valence-electron chi connectivity index (χ4n) is 1.93. The molecule has 7 heteroatoms. The first kappa shape index (κ1) is 14.8. The predicted molar refractivity (Wildman–Crippen MR) is 75.3 cm³/mol. The lowest BCUT2D eigenvalue weighted by atomic mass is 10.1. The summed E-state index contributed by atoms with van der Waals surface area (Å²) in [6.07, 6.45) is 1.61. The summed E-state index contributed by atoms with van der Waals surface area (Å²) in [5.41, 5.74) is 1.37. The summed E-state index contributed by atoms with van der Waals surface area (Å²) in [6, 6.07) is 5.21. The van der Waals surface area contributed by atoms with Crippen LogP contribution in [0, 0.1) is 5.82 Å². The van der Waals surface area contributed by atoms with Crippen LogP contribution in [0.4, 0.5) is 9.18 Å². The highest BCUT2D eigenvalue weighted by Gasteiger charge is 2.14. The Morgan fingerprint density at radius 2 is 2.29 bits per heavy atom. The van der Waals surface area contributed by atoms with E-state index in [1.165, 1.54) is 25.3 Å². The second-order valence-corrected chi connectivity index (χ2v) is 4.52. The van der Waals surface area contributed by atoms with Gasteiger partial charge in [0, 0.05) is 11.8 Å². The summed E-state index contributed by atoms with van der Waals surface area (Å²) >= 11 is 0. The summed E-state index contributed by atoms with van der Waals surface area (Å²) < 4.78 is 18.5. The van der Waals surface area contributed by atoms with Crippen LogP contribution in [0.1, 0.15) is 24.2 Å². The van der Waals surface area contributed by atoms with Gasteiger partial charge in [0.15, 0.2) is 0 Å². The smallest absolute Gasteiger partial charge is 0.315 e. The van der Waals surface area contributed by atoms with E-state index in [2.05, 4.69) is 20.8 Å². The highest BCUT2D eigenvalue weighted by Crippen LogP contribution is 2.25. The highest BCUT2D eigenvalue weighted by molar-refractivity contribution is 5.74. The topological polar surface area (TPSA) is 79.0 Å². The number of rotatable bonds is 5. The number of hydrogen-bond acceptors (Lipinski definition) is 3. The minimum atomic E-state index is -0.391. The maximum absolute atomic E-state index is 13.3. The van der Waals surface area contributed by atoms with Crippen molar-refractivity contribution in [3.63, 3.8) is 0 Å². The highest BCUT2D eigenvalue weighted by atomic mass is 19.1. The number of benzene rings is 1. The molecule has 0 fully saturated rings. The van der Waals surface area contributed by atoms with E-state index >= 15 is 0 Å². The molecule has 0 spiro atoms. The van der Waals surface area contributed by atoms with Crippen molar-refractivity contribution in [2.24, 2.45) is 0 Å². The third kappa shape index (κ3) is 3.95. The second kappa shape index (κ2) is 6.74. The van der Waals surface area contributed by atoms with Crippen LogP contribution in [0.5, 0.6) is 5.75 Å². The molecule has 0 saturated heterocycles. The molecular formula is C14H17FN4O2. The first-order chi connectivity index (χ1) is 10.1. The Bertz CT molecular complexity index is 601. The number of nitrogens with one attached hydrogen (secondary N) is 3. The van der Waals surface area contributed by atoms with Crippen LogP contribution < -0.4 is 15.4 Å². The van der Waals surface area contributed by atoms with Gasteiger partial charge in [0.2, 0.25) is 0 Å². The molecule has 1 aromatic heterocycles. The summed E-state index contributed by atoms with van der Waals surface area (Å²) in [7, 11) is 1.50. The van der Waals surface area contributed by atoms with Crippen molar-refractivity contribution >= 4 is 6.03 Å². The van der Waals surface area contributed by atoms with Crippen molar-refractivity contribution in [2.75, 3.05) is 7.11 Å². The molecule has 21 heavy (non-hydrogen) atoms. The number of hydrogen-bond donors (Lipinski definition) is 3. The number of nitrogens with zero attached hydrogens (tertiary/aromatic N) is 1. The molecule has 0 radical (unpaired) electrons. The van der Waals surface area contributed by atoms with Gasteiger partial charge in [-0.05, 0) is 31.2 Å². The standard InChI is InChI=1S/C14H17FN4O2/c1-9(12-7-10(15)3-4-13(12)21-2)18-14(20)16-8-11-5-6-17-19-11/h3-7,9H,8H2,1-2H3,(H,17,19)(H2,16,18,20). The number of carbonyl (C=O) groups excluding carboxylic acids is 1. The summed E-state index contributed by atoms with van der Waals surface area (Å²) in [5, 5.41) is 11.9. The molecule has 3 N–H and O–H groups in total. The van der Waals surface area contributed by atoms with Crippen LogP contribution in [0.3, 0.4) is 0 Å². The van der Waals surface area contributed by atoms with Gasteiger partial charge in [0.05, 0.1) is 25.4 Å². The molecule has 1 aromatic carbocycles. The van der Waals surface area contributed by atoms with Gasteiger partial charge in [-0.2, -0.15) is 5.10 Å². The van der Waals surface area contributed by atoms with E-state index in [-0.39, 0.29) is 11.8 Å². The van der Waals surface area contributed by atoms with Crippen LogP contribution in [0.25, 0.3) is 0 Å². The first-order valence-corrected chi connectivity index (χ1v) is 6.46. The average molecular weight is 292 g/mol. The number of methoxy groups -OCH3 is 1. The van der Waals surface area contributed by atoms with Crippen molar-refractivity contribution in [2.45, 2.75) is 19.5 Å². The Kier molecular flexibility index (Phi) is 4.76. The molecule has 2 aromatic rings. The molecule has 1 heterocycles. The van der Waals surface area contributed by atoms with E-state index in [0.717, 1.165) is 5.69 Å². The van der Waals surface area contributed by atoms with Gasteiger partial charge < -0.3 is 15.4 Å². The van der Waals surface area contributed by atoms with Crippen LogP contribution in [-0.2, 0) is 6.54 Å². The summed E-state index contributed by atoms with van der Waals surface area (Å²) in [6.45, 7) is 2.09. The average Bonchev–Trinajstić information content (AvgIpc) is 2.98. The number of aromatic amines is 1. The molecule has 0 aliphatic carbocycles. The number of amides is 2. The quantitative estimate of drug-likeness (QED) is 0.789. The van der Waals surface area contributed by atoms with Crippen molar-refractivity contribution in [1.82, 2.24) is 20.8 Å². The van der Waals surface area contributed by atoms with Crippen LogP contribution in [-0.4, -0.2) is 23.3 Å². The van der Waals surface area contributed by atoms with Crippen molar-refractivity contribution in [3.05, 3.63) is 47.5 Å². The molecule has 2 amide bonds. The van der Waals surface area contributed by atoms with Crippen LogP contribution in [0.2, 0.25) is 0 Å². The van der Waals surface area contributed by atoms with Crippen molar-refractivity contribution in [3.8, 4) is 5.75 Å².